The molecule has 1 unspecified atom stereocenters. The number of benzene rings is 2. The lowest BCUT2D eigenvalue weighted by atomic mass is 9.80. The zero-order chi connectivity index (χ0) is 22.9. The first kappa shape index (κ1) is 22.6. The van der Waals surface area contributed by atoms with Crippen molar-refractivity contribution in [3.05, 3.63) is 64.6 Å². The van der Waals surface area contributed by atoms with E-state index in [2.05, 4.69) is 50.9 Å². The molecule has 0 aromatic heterocycles. The van der Waals surface area contributed by atoms with E-state index in [1.54, 1.807) is 12.0 Å². The van der Waals surface area contributed by atoms with Crippen molar-refractivity contribution in [2.24, 2.45) is 4.99 Å². The molecule has 6 heteroatoms. The first-order valence-corrected chi connectivity index (χ1v) is 11.8. The fraction of sp³-hybridized carbons (Fsp3) is 0.385. The van der Waals surface area contributed by atoms with Crippen LogP contribution in [0.4, 0.5) is 11.4 Å². The van der Waals surface area contributed by atoms with Gasteiger partial charge in [0.1, 0.15) is 0 Å². The highest BCUT2D eigenvalue weighted by molar-refractivity contribution is 8.18. The van der Waals surface area contributed by atoms with Gasteiger partial charge in [0.05, 0.1) is 23.7 Å². The van der Waals surface area contributed by atoms with Crippen LogP contribution in [-0.4, -0.2) is 48.8 Å². The summed E-state index contributed by atoms with van der Waals surface area (Å²) in [5.74, 6) is 0.445. The number of amides is 1. The number of para-hydroxylation sites is 1. The van der Waals surface area contributed by atoms with Gasteiger partial charge in [0.2, 0.25) is 0 Å². The zero-order valence-electron chi connectivity index (χ0n) is 19.5. The molecule has 1 amide bonds. The maximum absolute atomic E-state index is 13.2. The van der Waals surface area contributed by atoms with Gasteiger partial charge >= 0.3 is 0 Å². The molecule has 168 valence electrons. The third-order valence-corrected chi connectivity index (χ3v) is 7.35. The molecule has 5 nitrogen and oxygen atoms in total. The highest BCUT2D eigenvalue weighted by atomic mass is 32.2. The lowest BCUT2D eigenvalue weighted by Crippen LogP contribution is -2.45. The van der Waals surface area contributed by atoms with Gasteiger partial charge in [0, 0.05) is 25.4 Å². The van der Waals surface area contributed by atoms with E-state index in [4.69, 9.17) is 9.73 Å². The van der Waals surface area contributed by atoms with Crippen LogP contribution in [0.5, 0.6) is 0 Å². The number of anilines is 1. The number of aliphatic imine (C=N–C) groups is 1. The number of ether oxygens (including phenoxy) is 1. The summed E-state index contributed by atoms with van der Waals surface area (Å²) in [7, 11) is 3.81. The summed E-state index contributed by atoms with van der Waals surface area (Å²) in [6.07, 6.45) is 3.09. The monoisotopic (exact) mass is 449 g/mol. The van der Waals surface area contributed by atoms with Crippen molar-refractivity contribution in [1.82, 2.24) is 4.90 Å². The summed E-state index contributed by atoms with van der Waals surface area (Å²) in [6.45, 7) is 7.81. The quantitative estimate of drug-likeness (QED) is 0.553. The molecule has 0 N–H and O–H groups in total. The molecule has 2 heterocycles. The molecule has 0 radical (unpaired) electrons. The second kappa shape index (κ2) is 9.12. The average Bonchev–Trinajstić information content (AvgIpc) is 3.05. The smallest absolute Gasteiger partial charge is 0.266 e. The molecule has 1 atom stereocenters. The van der Waals surface area contributed by atoms with E-state index < -0.39 is 0 Å². The molecule has 1 fully saturated rings. The first-order chi connectivity index (χ1) is 15.3. The molecule has 0 saturated carbocycles. The maximum atomic E-state index is 13.2. The van der Waals surface area contributed by atoms with Crippen LogP contribution >= 0.6 is 11.8 Å². The van der Waals surface area contributed by atoms with Gasteiger partial charge < -0.3 is 9.64 Å². The predicted octanol–water partition coefficient (Wildman–Crippen LogP) is 5.66. The number of fused-ring (bicyclic) bond motifs is 1. The Morgan fingerprint density at radius 2 is 1.97 bits per heavy atom. The van der Waals surface area contributed by atoms with Crippen LogP contribution in [0, 0.1) is 0 Å². The van der Waals surface area contributed by atoms with Gasteiger partial charge in [-0.2, -0.15) is 0 Å². The molecule has 0 aliphatic carbocycles. The van der Waals surface area contributed by atoms with Crippen molar-refractivity contribution in [2.75, 3.05) is 32.2 Å². The standard InChI is InChI=1S/C26H31N3O2S/c1-18-17-26(2,3)28(4)22-12-11-19(15-21(18)22)16-23-24(30)29(13-14-31-5)25(32-23)27-20-9-7-6-8-10-20/h6-12,15-16,18H,13-14,17H2,1-5H3/b23-16+,27-25?. The van der Waals surface area contributed by atoms with Crippen LogP contribution in [0.3, 0.4) is 0 Å². The number of hydrogen-bond acceptors (Lipinski definition) is 5. The zero-order valence-corrected chi connectivity index (χ0v) is 20.3. The van der Waals surface area contributed by atoms with E-state index >= 15 is 0 Å². The Morgan fingerprint density at radius 3 is 2.69 bits per heavy atom. The second-order valence-electron chi connectivity index (χ2n) is 9.09. The van der Waals surface area contributed by atoms with Crippen molar-refractivity contribution in [1.29, 1.82) is 0 Å². The summed E-state index contributed by atoms with van der Waals surface area (Å²) in [5, 5.41) is 0.692. The number of amidine groups is 1. The molecule has 2 aromatic rings. The predicted molar refractivity (Wildman–Crippen MR) is 135 cm³/mol. The lowest BCUT2D eigenvalue weighted by molar-refractivity contribution is -0.122. The van der Waals surface area contributed by atoms with E-state index in [1.807, 2.05) is 36.4 Å². The minimum absolute atomic E-state index is 0.0225. The van der Waals surface area contributed by atoms with Crippen LogP contribution < -0.4 is 4.90 Å². The molecule has 2 aromatic carbocycles. The van der Waals surface area contributed by atoms with Crippen molar-refractivity contribution >= 4 is 40.3 Å². The fourth-order valence-electron chi connectivity index (χ4n) is 4.42. The van der Waals surface area contributed by atoms with Crippen molar-refractivity contribution in [2.45, 2.75) is 38.6 Å². The number of methoxy groups -OCH3 is 1. The van der Waals surface area contributed by atoms with Gasteiger partial charge in [-0.15, -0.1) is 0 Å². The minimum Gasteiger partial charge on any atom is -0.383 e. The van der Waals surface area contributed by atoms with Gasteiger partial charge in [-0.05, 0) is 79.4 Å². The summed E-state index contributed by atoms with van der Waals surface area (Å²) < 4.78 is 5.22. The number of carbonyl (C=O) groups is 1. The maximum Gasteiger partial charge on any atom is 0.266 e. The van der Waals surface area contributed by atoms with Gasteiger partial charge in [-0.25, -0.2) is 4.99 Å². The van der Waals surface area contributed by atoms with Crippen molar-refractivity contribution in [3.63, 3.8) is 0 Å². The van der Waals surface area contributed by atoms with Crippen LogP contribution in [0.1, 0.15) is 44.2 Å². The highest BCUT2D eigenvalue weighted by Crippen LogP contribution is 2.43. The topological polar surface area (TPSA) is 45.1 Å². The molecule has 0 spiro atoms. The van der Waals surface area contributed by atoms with Gasteiger partial charge in [0.25, 0.3) is 5.91 Å². The summed E-state index contributed by atoms with van der Waals surface area (Å²) in [5.41, 5.74) is 4.63. The van der Waals surface area contributed by atoms with Crippen LogP contribution in [0.25, 0.3) is 6.08 Å². The third-order valence-electron chi connectivity index (χ3n) is 6.34. The number of rotatable bonds is 5. The SMILES string of the molecule is COCCN1C(=O)/C(=C\c2ccc3c(c2)C(C)CC(C)(C)N3C)SC1=Nc1ccccc1. The summed E-state index contributed by atoms with van der Waals surface area (Å²) in [4.78, 5) is 22.7. The molecule has 2 aliphatic heterocycles. The van der Waals surface area contributed by atoms with Gasteiger partial charge in [-0.3, -0.25) is 9.69 Å². The Morgan fingerprint density at radius 1 is 1.22 bits per heavy atom. The molecular formula is C26H31N3O2S. The Labute approximate surface area is 195 Å². The Balaban J connectivity index is 1.66. The average molecular weight is 450 g/mol. The van der Waals surface area contributed by atoms with E-state index in [0.29, 0.717) is 29.1 Å². The summed E-state index contributed by atoms with van der Waals surface area (Å²) >= 11 is 1.43. The highest BCUT2D eigenvalue weighted by Gasteiger charge is 2.35. The molecule has 2 aliphatic rings. The van der Waals surface area contributed by atoms with E-state index in [1.165, 1.54) is 23.0 Å². The molecule has 4 rings (SSSR count). The number of nitrogens with zero attached hydrogens (tertiary/aromatic N) is 3. The van der Waals surface area contributed by atoms with Crippen molar-refractivity contribution in [3.8, 4) is 0 Å². The van der Waals surface area contributed by atoms with Crippen LogP contribution in [0.15, 0.2) is 58.4 Å². The molecular weight excluding hydrogens is 418 g/mol. The van der Waals surface area contributed by atoms with Gasteiger partial charge in [-0.1, -0.05) is 31.2 Å². The molecule has 32 heavy (non-hydrogen) atoms. The minimum atomic E-state index is -0.0225. The summed E-state index contributed by atoms with van der Waals surface area (Å²) in [6, 6.07) is 16.3. The third kappa shape index (κ3) is 4.48. The fourth-order valence-corrected chi connectivity index (χ4v) is 5.45. The normalized spacial score (nSPS) is 22.7. The largest absolute Gasteiger partial charge is 0.383 e. The molecule has 0 bridgehead atoms. The molecule has 1 saturated heterocycles. The van der Waals surface area contributed by atoms with Gasteiger partial charge in [0.15, 0.2) is 5.17 Å². The first-order valence-electron chi connectivity index (χ1n) is 11.0. The Hall–Kier alpha value is -2.57. The van der Waals surface area contributed by atoms with E-state index in [9.17, 15) is 4.79 Å². The lowest BCUT2D eigenvalue weighted by Gasteiger charge is -2.45. The Kier molecular flexibility index (Phi) is 6.45. The van der Waals surface area contributed by atoms with Crippen LogP contribution in [-0.2, 0) is 9.53 Å². The number of hydrogen-bond donors (Lipinski definition) is 0. The van der Waals surface area contributed by atoms with Crippen molar-refractivity contribution < 1.29 is 9.53 Å². The number of carbonyl (C=O) groups excluding carboxylic acids is 1. The van der Waals surface area contributed by atoms with E-state index in [0.717, 1.165) is 17.7 Å². The Bertz CT molecular complexity index is 1060. The van der Waals surface area contributed by atoms with E-state index in [-0.39, 0.29) is 11.4 Å². The van der Waals surface area contributed by atoms with Crippen LogP contribution in [0.2, 0.25) is 0 Å². The number of thioether (sulfide) groups is 1. The second-order valence-corrected chi connectivity index (χ2v) is 10.1.